The lowest BCUT2D eigenvalue weighted by Gasteiger charge is -2.11. The monoisotopic (exact) mass is 298 g/mol. The number of rotatable bonds is 8. The van der Waals surface area contributed by atoms with E-state index >= 15 is 0 Å². The Kier molecular flexibility index (Phi) is 6.32. The highest BCUT2D eigenvalue weighted by Crippen LogP contribution is 2.19. The summed E-state index contributed by atoms with van der Waals surface area (Å²) in [6.45, 7) is 1.53. The minimum absolute atomic E-state index is 0.0911. The number of aromatic nitrogens is 3. The molecule has 0 aliphatic heterocycles. The van der Waals surface area contributed by atoms with Crippen LogP contribution in [-0.4, -0.2) is 46.2 Å². The highest BCUT2D eigenvalue weighted by molar-refractivity contribution is 7.99. The Labute approximate surface area is 123 Å². The zero-order chi connectivity index (χ0) is 14.2. The number of carbonyl (C=O) groups is 1. The Morgan fingerprint density at radius 3 is 3.10 bits per heavy atom. The molecule has 112 valence electrons. The average molecular weight is 298 g/mol. The van der Waals surface area contributed by atoms with Gasteiger partial charge in [0.05, 0.1) is 5.75 Å². The number of methoxy groups -OCH3 is 1. The summed E-state index contributed by atoms with van der Waals surface area (Å²) in [6.07, 6.45) is 7.30. The number of carbonyl (C=O) groups excluding carboxylic acids is 1. The molecular weight excluding hydrogens is 276 g/mol. The van der Waals surface area contributed by atoms with Crippen LogP contribution in [0.1, 0.15) is 32.1 Å². The van der Waals surface area contributed by atoms with Crippen LogP contribution >= 0.6 is 11.8 Å². The highest BCUT2D eigenvalue weighted by atomic mass is 32.2. The Balaban J connectivity index is 1.72. The summed E-state index contributed by atoms with van der Waals surface area (Å²) in [4.78, 5) is 11.9. The van der Waals surface area contributed by atoms with Gasteiger partial charge in [-0.2, -0.15) is 0 Å². The van der Waals surface area contributed by atoms with E-state index in [4.69, 9.17) is 4.74 Å². The van der Waals surface area contributed by atoms with Crippen LogP contribution < -0.4 is 5.32 Å². The van der Waals surface area contributed by atoms with Gasteiger partial charge < -0.3 is 14.6 Å². The second-order valence-electron chi connectivity index (χ2n) is 4.99. The van der Waals surface area contributed by atoms with E-state index in [1.54, 1.807) is 13.4 Å². The molecule has 1 amide bonds. The summed E-state index contributed by atoms with van der Waals surface area (Å²) in [6, 6.07) is 0.377. The van der Waals surface area contributed by atoms with Gasteiger partial charge in [-0.25, -0.2) is 0 Å². The quantitative estimate of drug-likeness (QED) is 0.581. The topological polar surface area (TPSA) is 69.0 Å². The molecule has 20 heavy (non-hydrogen) atoms. The first-order chi connectivity index (χ1) is 9.79. The molecule has 1 N–H and O–H groups in total. The van der Waals surface area contributed by atoms with E-state index in [0.29, 0.717) is 18.4 Å². The van der Waals surface area contributed by atoms with Crippen molar-refractivity contribution in [1.29, 1.82) is 0 Å². The molecule has 1 aromatic heterocycles. The summed E-state index contributed by atoms with van der Waals surface area (Å²) >= 11 is 1.44. The molecule has 0 saturated heterocycles. The third-order valence-corrected chi connectivity index (χ3v) is 4.36. The maximum Gasteiger partial charge on any atom is 0.230 e. The van der Waals surface area contributed by atoms with Gasteiger partial charge in [-0.3, -0.25) is 4.79 Å². The summed E-state index contributed by atoms with van der Waals surface area (Å²) in [5, 5.41) is 11.8. The second-order valence-corrected chi connectivity index (χ2v) is 5.93. The van der Waals surface area contributed by atoms with Crippen LogP contribution in [-0.2, 0) is 16.1 Å². The number of ether oxygens (including phenoxy) is 1. The highest BCUT2D eigenvalue weighted by Gasteiger charge is 2.17. The van der Waals surface area contributed by atoms with Gasteiger partial charge in [-0.1, -0.05) is 24.6 Å². The minimum atomic E-state index is 0.0911. The van der Waals surface area contributed by atoms with Gasteiger partial charge >= 0.3 is 0 Å². The van der Waals surface area contributed by atoms with Crippen molar-refractivity contribution in [3.63, 3.8) is 0 Å². The molecule has 0 unspecified atom stereocenters. The van der Waals surface area contributed by atoms with Crippen LogP contribution in [0.2, 0.25) is 0 Å². The number of hydrogen-bond acceptors (Lipinski definition) is 5. The van der Waals surface area contributed by atoms with Crippen molar-refractivity contribution in [3.05, 3.63) is 6.33 Å². The van der Waals surface area contributed by atoms with Crippen LogP contribution in [0.25, 0.3) is 0 Å². The average Bonchev–Trinajstić information content (AvgIpc) is 3.08. The summed E-state index contributed by atoms with van der Waals surface area (Å²) < 4.78 is 6.99. The van der Waals surface area contributed by atoms with Crippen molar-refractivity contribution in [2.24, 2.45) is 0 Å². The molecule has 0 spiro atoms. The molecule has 0 radical (unpaired) electrons. The van der Waals surface area contributed by atoms with Gasteiger partial charge in [0.1, 0.15) is 6.33 Å². The van der Waals surface area contributed by atoms with E-state index in [1.807, 2.05) is 4.57 Å². The number of hydrogen-bond donors (Lipinski definition) is 1. The van der Waals surface area contributed by atoms with Crippen LogP contribution in [0.5, 0.6) is 0 Å². The fourth-order valence-corrected chi connectivity index (χ4v) is 3.11. The van der Waals surface area contributed by atoms with Gasteiger partial charge in [-0.15, -0.1) is 10.2 Å². The maximum absolute atomic E-state index is 11.9. The molecule has 0 atom stereocenters. The fraction of sp³-hybridized carbons (Fsp3) is 0.769. The van der Waals surface area contributed by atoms with Gasteiger partial charge in [-0.05, 0) is 19.3 Å². The Morgan fingerprint density at radius 2 is 2.35 bits per heavy atom. The van der Waals surface area contributed by atoms with Gasteiger partial charge in [0.2, 0.25) is 5.91 Å². The van der Waals surface area contributed by atoms with E-state index < -0.39 is 0 Å². The van der Waals surface area contributed by atoms with Crippen LogP contribution in [0.4, 0.5) is 0 Å². The minimum Gasteiger partial charge on any atom is -0.385 e. The van der Waals surface area contributed by atoms with Crippen LogP contribution in [0.3, 0.4) is 0 Å². The largest absolute Gasteiger partial charge is 0.385 e. The normalized spacial score (nSPS) is 15.7. The molecule has 0 aromatic carbocycles. The van der Waals surface area contributed by atoms with Crippen molar-refractivity contribution in [1.82, 2.24) is 20.1 Å². The summed E-state index contributed by atoms with van der Waals surface area (Å²) in [5.41, 5.74) is 0. The molecular formula is C13H22N4O2S. The van der Waals surface area contributed by atoms with E-state index in [-0.39, 0.29) is 5.91 Å². The maximum atomic E-state index is 11.9. The van der Waals surface area contributed by atoms with Crippen molar-refractivity contribution < 1.29 is 9.53 Å². The molecule has 1 aromatic rings. The van der Waals surface area contributed by atoms with Crippen molar-refractivity contribution in [2.45, 2.75) is 49.8 Å². The SMILES string of the molecule is COCCCn1cnnc1SCC(=O)NC1CCCC1. The summed E-state index contributed by atoms with van der Waals surface area (Å²) in [7, 11) is 1.69. The molecule has 7 heteroatoms. The van der Waals surface area contributed by atoms with E-state index in [0.717, 1.165) is 31.0 Å². The molecule has 1 saturated carbocycles. The third kappa shape index (κ3) is 4.79. The number of aryl methyl sites for hydroxylation is 1. The molecule has 2 rings (SSSR count). The van der Waals surface area contributed by atoms with E-state index in [1.165, 1.54) is 24.6 Å². The van der Waals surface area contributed by atoms with Gasteiger partial charge in [0.15, 0.2) is 5.16 Å². The molecule has 1 aliphatic rings. The molecule has 0 bridgehead atoms. The lowest BCUT2D eigenvalue weighted by molar-refractivity contribution is -0.119. The Morgan fingerprint density at radius 1 is 1.55 bits per heavy atom. The second kappa shape index (κ2) is 8.26. The number of nitrogens with zero attached hydrogens (tertiary/aromatic N) is 3. The fourth-order valence-electron chi connectivity index (χ4n) is 2.36. The molecule has 1 fully saturated rings. The van der Waals surface area contributed by atoms with Crippen molar-refractivity contribution in [3.8, 4) is 0 Å². The Hall–Kier alpha value is -1.08. The number of amides is 1. The number of thioether (sulfide) groups is 1. The van der Waals surface area contributed by atoms with E-state index in [2.05, 4.69) is 15.5 Å². The smallest absolute Gasteiger partial charge is 0.230 e. The predicted octanol–water partition coefficient (Wildman–Crippen LogP) is 1.47. The van der Waals surface area contributed by atoms with Crippen molar-refractivity contribution in [2.75, 3.05) is 19.5 Å². The lowest BCUT2D eigenvalue weighted by Crippen LogP contribution is -2.33. The zero-order valence-electron chi connectivity index (χ0n) is 11.9. The van der Waals surface area contributed by atoms with Gasteiger partial charge in [0, 0.05) is 26.3 Å². The van der Waals surface area contributed by atoms with Crippen LogP contribution in [0, 0.1) is 0 Å². The summed E-state index contributed by atoms with van der Waals surface area (Å²) in [5.74, 6) is 0.493. The van der Waals surface area contributed by atoms with Gasteiger partial charge in [0.25, 0.3) is 0 Å². The predicted molar refractivity (Wildman–Crippen MR) is 77.6 cm³/mol. The van der Waals surface area contributed by atoms with Crippen LogP contribution in [0.15, 0.2) is 11.5 Å². The zero-order valence-corrected chi connectivity index (χ0v) is 12.7. The standard InChI is InChI=1S/C13H22N4O2S/c1-19-8-4-7-17-10-14-16-13(17)20-9-12(18)15-11-5-2-3-6-11/h10-11H,2-9H2,1H3,(H,15,18). The molecule has 1 aliphatic carbocycles. The third-order valence-electron chi connectivity index (χ3n) is 3.38. The number of nitrogens with one attached hydrogen (secondary N) is 1. The molecule has 6 nitrogen and oxygen atoms in total. The lowest BCUT2D eigenvalue weighted by atomic mass is 10.2. The Bertz CT molecular complexity index is 418. The first-order valence-corrected chi connectivity index (χ1v) is 8.07. The van der Waals surface area contributed by atoms with E-state index in [9.17, 15) is 4.79 Å². The first kappa shape index (κ1) is 15.3. The van der Waals surface area contributed by atoms with Crippen molar-refractivity contribution >= 4 is 17.7 Å². The molecule has 1 heterocycles. The first-order valence-electron chi connectivity index (χ1n) is 7.08.